The van der Waals surface area contributed by atoms with Crippen molar-refractivity contribution in [3.8, 4) is 34.8 Å². The van der Waals surface area contributed by atoms with Crippen LogP contribution in [0.3, 0.4) is 0 Å². The van der Waals surface area contributed by atoms with E-state index in [2.05, 4.69) is 29.5 Å². The van der Waals surface area contributed by atoms with E-state index in [-0.39, 0.29) is 0 Å². The fraction of sp³-hybridized carbons (Fsp3) is 0.233. The van der Waals surface area contributed by atoms with Crippen molar-refractivity contribution in [1.82, 2.24) is 24.8 Å². The SMILES string of the molecule is COc1cccc(Oc2nc3ccccc3n2-c2ccnc(Nc3ccc(OCCNC(C)C)cc3)n2)c1OC. The number of methoxy groups -OCH3 is 2. The van der Waals surface area contributed by atoms with Gasteiger partial charge >= 0.3 is 6.01 Å². The maximum absolute atomic E-state index is 6.29. The summed E-state index contributed by atoms with van der Waals surface area (Å²) in [5, 5.41) is 6.60. The van der Waals surface area contributed by atoms with Crippen molar-refractivity contribution >= 4 is 22.7 Å². The van der Waals surface area contributed by atoms with Gasteiger partial charge in [0.05, 0.1) is 25.3 Å². The fourth-order valence-corrected chi connectivity index (χ4v) is 4.14. The summed E-state index contributed by atoms with van der Waals surface area (Å²) >= 11 is 0. The molecule has 10 nitrogen and oxygen atoms in total. The molecule has 2 heterocycles. The first-order chi connectivity index (χ1) is 19.6. The number of fused-ring (bicyclic) bond motifs is 1. The number of aromatic nitrogens is 4. The van der Waals surface area contributed by atoms with Crippen LogP contribution in [0.25, 0.3) is 16.9 Å². The Morgan fingerprint density at radius 2 is 1.65 bits per heavy atom. The Bertz CT molecular complexity index is 1570. The van der Waals surface area contributed by atoms with Gasteiger partial charge in [-0.2, -0.15) is 9.97 Å². The summed E-state index contributed by atoms with van der Waals surface area (Å²) in [5.41, 5.74) is 2.42. The fourth-order valence-electron chi connectivity index (χ4n) is 4.14. The second-order valence-electron chi connectivity index (χ2n) is 9.16. The number of para-hydroxylation sites is 3. The Kier molecular flexibility index (Phi) is 8.26. The van der Waals surface area contributed by atoms with Gasteiger partial charge in [0.15, 0.2) is 11.5 Å². The standard InChI is InChI=1S/C30H32N6O4/c1-20(2)31-18-19-39-22-14-12-21(13-15-22)33-29-32-17-16-27(35-29)36-24-9-6-5-8-23(24)34-30(36)40-26-11-7-10-25(37-3)28(26)38-4/h5-17,20,31H,18-19H2,1-4H3,(H,32,33,35). The molecule has 2 N–H and O–H groups in total. The normalized spacial score (nSPS) is 11.0. The number of rotatable bonds is 12. The number of nitrogens with zero attached hydrogens (tertiary/aromatic N) is 4. The van der Waals surface area contributed by atoms with Crippen molar-refractivity contribution in [3.05, 3.63) is 79.0 Å². The number of benzene rings is 3. The molecule has 0 aliphatic heterocycles. The van der Waals surface area contributed by atoms with E-state index in [0.717, 1.165) is 29.0 Å². The molecule has 10 heteroatoms. The number of imidazole rings is 1. The largest absolute Gasteiger partial charge is 0.493 e. The van der Waals surface area contributed by atoms with Crippen LogP contribution in [0.4, 0.5) is 11.6 Å². The topological polar surface area (TPSA) is 105 Å². The minimum absolute atomic E-state index is 0.325. The van der Waals surface area contributed by atoms with Crippen molar-refractivity contribution in [2.45, 2.75) is 19.9 Å². The second kappa shape index (κ2) is 12.4. The summed E-state index contributed by atoms with van der Waals surface area (Å²) in [6, 6.07) is 23.4. The molecule has 3 aromatic carbocycles. The van der Waals surface area contributed by atoms with E-state index in [4.69, 9.17) is 28.9 Å². The van der Waals surface area contributed by atoms with Gasteiger partial charge < -0.3 is 29.6 Å². The zero-order chi connectivity index (χ0) is 27.9. The first-order valence-electron chi connectivity index (χ1n) is 13.0. The van der Waals surface area contributed by atoms with Gasteiger partial charge in [-0.3, -0.25) is 0 Å². The monoisotopic (exact) mass is 540 g/mol. The third-order valence-corrected chi connectivity index (χ3v) is 6.00. The zero-order valence-electron chi connectivity index (χ0n) is 22.9. The van der Waals surface area contributed by atoms with Gasteiger partial charge in [0, 0.05) is 30.5 Å². The summed E-state index contributed by atoms with van der Waals surface area (Å²) in [4.78, 5) is 13.9. The number of hydrogen-bond donors (Lipinski definition) is 2. The van der Waals surface area contributed by atoms with Crippen LogP contribution in [0.15, 0.2) is 79.0 Å². The molecule has 0 fully saturated rings. The van der Waals surface area contributed by atoms with E-state index in [9.17, 15) is 0 Å². The van der Waals surface area contributed by atoms with Crippen molar-refractivity contribution in [3.63, 3.8) is 0 Å². The Balaban J connectivity index is 1.40. The molecule has 0 aliphatic carbocycles. The van der Waals surface area contributed by atoms with Crippen LogP contribution in [0, 0.1) is 0 Å². The lowest BCUT2D eigenvalue weighted by Crippen LogP contribution is -2.27. The molecule has 206 valence electrons. The van der Waals surface area contributed by atoms with Crippen LogP contribution in [-0.4, -0.2) is 52.9 Å². The Hall–Kier alpha value is -4.83. The van der Waals surface area contributed by atoms with Crippen LogP contribution >= 0.6 is 0 Å². The summed E-state index contributed by atoms with van der Waals surface area (Å²) < 4.78 is 24.9. The van der Waals surface area contributed by atoms with Crippen LogP contribution in [-0.2, 0) is 0 Å². The summed E-state index contributed by atoms with van der Waals surface area (Å²) in [6.07, 6.45) is 1.69. The van der Waals surface area contributed by atoms with E-state index >= 15 is 0 Å². The van der Waals surface area contributed by atoms with Gasteiger partial charge in [0.2, 0.25) is 11.7 Å². The third kappa shape index (κ3) is 6.08. The Labute approximate surface area is 232 Å². The Morgan fingerprint density at radius 3 is 2.42 bits per heavy atom. The van der Waals surface area contributed by atoms with Gasteiger partial charge in [0.25, 0.3) is 0 Å². The van der Waals surface area contributed by atoms with Crippen molar-refractivity contribution in [2.24, 2.45) is 0 Å². The van der Waals surface area contributed by atoms with Crippen molar-refractivity contribution < 1.29 is 18.9 Å². The van der Waals surface area contributed by atoms with Crippen LogP contribution in [0.2, 0.25) is 0 Å². The number of anilines is 2. The van der Waals surface area contributed by atoms with Crippen molar-refractivity contribution in [1.29, 1.82) is 0 Å². The van der Waals surface area contributed by atoms with Crippen molar-refractivity contribution in [2.75, 3.05) is 32.7 Å². The highest BCUT2D eigenvalue weighted by atomic mass is 16.5. The number of nitrogens with one attached hydrogen (secondary N) is 2. The zero-order valence-corrected chi connectivity index (χ0v) is 22.9. The molecule has 0 bridgehead atoms. The summed E-state index contributed by atoms with van der Waals surface area (Å²) in [7, 11) is 3.15. The first kappa shape index (κ1) is 26.8. The van der Waals surface area contributed by atoms with E-state index < -0.39 is 0 Å². The molecular formula is C30H32N6O4. The molecule has 0 unspecified atom stereocenters. The Morgan fingerprint density at radius 1 is 0.850 bits per heavy atom. The average molecular weight is 541 g/mol. The maximum atomic E-state index is 6.29. The van der Waals surface area contributed by atoms with Gasteiger partial charge in [-0.05, 0) is 48.5 Å². The molecule has 0 aliphatic rings. The predicted octanol–water partition coefficient (Wildman–Crippen LogP) is 5.75. The molecule has 40 heavy (non-hydrogen) atoms. The van der Waals surface area contributed by atoms with E-state index in [1.54, 1.807) is 38.6 Å². The molecule has 5 aromatic rings. The lowest BCUT2D eigenvalue weighted by Gasteiger charge is -2.14. The lowest BCUT2D eigenvalue weighted by atomic mass is 10.3. The minimum atomic E-state index is 0.325. The van der Waals surface area contributed by atoms with Gasteiger partial charge in [0.1, 0.15) is 18.2 Å². The first-order valence-corrected chi connectivity index (χ1v) is 13.0. The van der Waals surface area contributed by atoms with Gasteiger partial charge in [-0.25, -0.2) is 9.55 Å². The predicted molar refractivity (Wildman–Crippen MR) is 155 cm³/mol. The molecule has 0 atom stereocenters. The smallest absolute Gasteiger partial charge is 0.309 e. The van der Waals surface area contributed by atoms with Crippen LogP contribution in [0.1, 0.15) is 13.8 Å². The summed E-state index contributed by atoms with van der Waals surface area (Å²) in [5.74, 6) is 3.30. The molecule has 0 saturated carbocycles. The molecule has 0 radical (unpaired) electrons. The maximum Gasteiger partial charge on any atom is 0.309 e. The van der Waals surface area contributed by atoms with Gasteiger partial charge in [-0.1, -0.05) is 32.0 Å². The third-order valence-electron chi connectivity index (χ3n) is 6.00. The molecular weight excluding hydrogens is 508 g/mol. The molecule has 2 aromatic heterocycles. The molecule has 0 spiro atoms. The summed E-state index contributed by atoms with van der Waals surface area (Å²) in [6.45, 7) is 5.61. The molecule has 0 saturated heterocycles. The molecule has 0 amide bonds. The average Bonchev–Trinajstić information content (AvgIpc) is 3.34. The lowest BCUT2D eigenvalue weighted by molar-refractivity contribution is 0.309. The van der Waals surface area contributed by atoms with E-state index in [1.165, 1.54) is 0 Å². The molecule has 5 rings (SSSR count). The highest BCUT2D eigenvalue weighted by Crippen LogP contribution is 2.40. The minimum Gasteiger partial charge on any atom is -0.493 e. The highest BCUT2D eigenvalue weighted by molar-refractivity contribution is 5.79. The number of hydrogen-bond acceptors (Lipinski definition) is 9. The van der Waals surface area contributed by atoms with Crippen LogP contribution in [0.5, 0.6) is 29.0 Å². The van der Waals surface area contributed by atoms with Gasteiger partial charge in [-0.15, -0.1) is 0 Å². The van der Waals surface area contributed by atoms with E-state index in [1.807, 2.05) is 59.2 Å². The highest BCUT2D eigenvalue weighted by Gasteiger charge is 2.19. The van der Waals surface area contributed by atoms with Crippen LogP contribution < -0.4 is 29.6 Å². The second-order valence-corrected chi connectivity index (χ2v) is 9.16. The quantitative estimate of drug-likeness (QED) is 0.192. The number of ether oxygens (including phenoxy) is 4. The van der Waals surface area contributed by atoms with E-state index in [0.29, 0.717) is 47.7 Å².